The highest BCUT2D eigenvalue weighted by molar-refractivity contribution is 5.54. The SMILES string of the molecule is NN=NC=NCC(O)(Cc1ccc(C#Cc2ccc(C(O)C(F)(F)F)o2)cn1)c1ccc(F)cc1F. The van der Waals surface area contributed by atoms with Gasteiger partial charge in [-0.3, -0.25) is 9.98 Å². The minimum Gasteiger partial charge on any atom is -0.450 e. The lowest BCUT2D eigenvalue weighted by Crippen LogP contribution is -2.33. The quantitative estimate of drug-likeness (QED) is 0.0854. The molecule has 13 heteroatoms. The van der Waals surface area contributed by atoms with E-state index in [0.29, 0.717) is 17.3 Å². The number of nitrogens with two attached hydrogens (primary N) is 1. The van der Waals surface area contributed by atoms with E-state index in [1.165, 1.54) is 24.4 Å². The molecule has 0 fully saturated rings. The molecule has 0 amide bonds. The van der Waals surface area contributed by atoms with Gasteiger partial charge in [-0.1, -0.05) is 17.2 Å². The maximum absolute atomic E-state index is 14.4. The van der Waals surface area contributed by atoms with Crippen LogP contribution in [0, 0.1) is 23.5 Å². The first-order chi connectivity index (χ1) is 17.0. The second-order valence-electron chi connectivity index (χ2n) is 7.45. The van der Waals surface area contributed by atoms with Gasteiger partial charge in [0.05, 0.1) is 6.54 Å². The van der Waals surface area contributed by atoms with Crippen molar-refractivity contribution < 1.29 is 36.6 Å². The van der Waals surface area contributed by atoms with E-state index in [0.717, 1.165) is 24.5 Å². The number of hydrogen-bond acceptors (Lipinski definition) is 6. The van der Waals surface area contributed by atoms with Gasteiger partial charge in [0.1, 0.15) is 29.3 Å². The summed E-state index contributed by atoms with van der Waals surface area (Å²) in [6, 6.07) is 7.86. The number of aliphatic imine (C=N–C) groups is 1. The van der Waals surface area contributed by atoms with Gasteiger partial charge in [-0.25, -0.2) is 8.78 Å². The van der Waals surface area contributed by atoms with Gasteiger partial charge in [0.15, 0.2) is 5.76 Å². The Labute approximate surface area is 201 Å². The van der Waals surface area contributed by atoms with Gasteiger partial charge < -0.3 is 20.5 Å². The van der Waals surface area contributed by atoms with Crippen LogP contribution in [0.3, 0.4) is 0 Å². The van der Waals surface area contributed by atoms with Crippen molar-refractivity contribution in [2.24, 2.45) is 21.2 Å². The number of aliphatic hydroxyl groups is 2. The molecule has 2 aromatic heterocycles. The fourth-order valence-electron chi connectivity index (χ4n) is 3.13. The highest BCUT2D eigenvalue weighted by Gasteiger charge is 2.41. The molecule has 0 aliphatic rings. The predicted molar refractivity (Wildman–Crippen MR) is 116 cm³/mol. The first kappa shape index (κ1) is 26.5. The van der Waals surface area contributed by atoms with E-state index < -0.39 is 35.3 Å². The Hall–Kier alpha value is -4.15. The molecule has 0 aliphatic heterocycles. The largest absolute Gasteiger partial charge is 0.450 e. The van der Waals surface area contributed by atoms with Crippen molar-refractivity contribution in [1.82, 2.24) is 4.98 Å². The summed E-state index contributed by atoms with van der Waals surface area (Å²) in [5.74, 6) is 7.44. The molecule has 3 rings (SSSR count). The molecule has 4 N–H and O–H groups in total. The minimum absolute atomic E-state index is 0.106. The molecule has 0 saturated heterocycles. The number of alkyl halides is 3. The van der Waals surface area contributed by atoms with Gasteiger partial charge in [0.25, 0.3) is 0 Å². The number of rotatable bonds is 7. The molecular formula is C23H18F5N5O3. The Bertz CT molecular complexity index is 1310. The number of aliphatic hydroxyl groups excluding tert-OH is 1. The number of furan rings is 1. The van der Waals surface area contributed by atoms with E-state index in [9.17, 15) is 32.2 Å². The number of benzene rings is 1. The van der Waals surface area contributed by atoms with Crippen molar-refractivity contribution in [2.75, 3.05) is 6.54 Å². The number of aromatic nitrogens is 1. The Balaban J connectivity index is 1.79. The lowest BCUT2D eigenvalue weighted by Gasteiger charge is -2.27. The molecule has 0 radical (unpaired) electrons. The van der Waals surface area contributed by atoms with Gasteiger partial charge in [0.2, 0.25) is 6.10 Å². The Morgan fingerprint density at radius 1 is 1.11 bits per heavy atom. The first-order valence-electron chi connectivity index (χ1n) is 10.1. The second-order valence-corrected chi connectivity index (χ2v) is 7.45. The van der Waals surface area contributed by atoms with Crippen molar-refractivity contribution in [3.63, 3.8) is 0 Å². The maximum Gasteiger partial charge on any atom is 0.421 e. The third-order valence-electron chi connectivity index (χ3n) is 4.82. The molecule has 2 atom stereocenters. The third-order valence-corrected chi connectivity index (χ3v) is 4.82. The van der Waals surface area contributed by atoms with Crippen LogP contribution in [-0.2, 0) is 12.0 Å². The Morgan fingerprint density at radius 2 is 1.89 bits per heavy atom. The van der Waals surface area contributed by atoms with E-state index in [1.807, 2.05) is 0 Å². The number of pyridine rings is 1. The van der Waals surface area contributed by atoms with Crippen molar-refractivity contribution in [1.29, 1.82) is 0 Å². The zero-order valence-corrected chi connectivity index (χ0v) is 18.2. The number of nitrogens with zero attached hydrogens (tertiary/aromatic N) is 4. The summed E-state index contributed by atoms with van der Waals surface area (Å²) in [5.41, 5.74) is -1.49. The summed E-state index contributed by atoms with van der Waals surface area (Å²) < 4.78 is 70.4. The molecule has 1 aromatic carbocycles. The normalized spacial score (nSPS) is 14.5. The summed E-state index contributed by atoms with van der Waals surface area (Å²) >= 11 is 0. The van der Waals surface area contributed by atoms with Crippen LogP contribution in [0.4, 0.5) is 22.0 Å². The Morgan fingerprint density at radius 3 is 2.53 bits per heavy atom. The fraction of sp³-hybridized carbons (Fsp3) is 0.217. The van der Waals surface area contributed by atoms with Crippen molar-refractivity contribution in [3.8, 4) is 11.8 Å². The van der Waals surface area contributed by atoms with Gasteiger partial charge in [0, 0.05) is 35.5 Å². The smallest absolute Gasteiger partial charge is 0.421 e. The van der Waals surface area contributed by atoms with Crippen LogP contribution in [0.5, 0.6) is 0 Å². The number of halogens is 5. The summed E-state index contributed by atoms with van der Waals surface area (Å²) in [6.07, 6.45) is -5.57. The molecule has 36 heavy (non-hydrogen) atoms. The Kier molecular flexibility index (Phi) is 8.13. The van der Waals surface area contributed by atoms with Crippen LogP contribution < -0.4 is 5.84 Å². The van der Waals surface area contributed by atoms with Crippen molar-refractivity contribution >= 4 is 6.34 Å². The molecule has 3 aromatic rings. The minimum atomic E-state index is -4.87. The fourth-order valence-corrected chi connectivity index (χ4v) is 3.13. The molecule has 188 valence electrons. The number of hydrogen-bond donors (Lipinski definition) is 3. The van der Waals surface area contributed by atoms with E-state index >= 15 is 0 Å². The van der Waals surface area contributed by atoms with Crippen LogP contribution in [0.2, 0.25) is 0 Å². The molecule has 0 spiro atoms. The van der Waals surface area contributed by atoms with Gasteiger partial charge in [-0.15, -0.1) is 5.11 Å². The zero-order valence-electron chi connectivity index (χ0n) is 18.2. The highest BCUT2D eigenvalue weighted by Crippen LogP contribution is 2.33. The van der Waals surface area contributed by atoms with Crippen molar-refractivity contribution in [2.45, 2.75) is 24.3 Å². The van der Waals surface area contributed by atoms with Crippen LogP contribution in [-0.4, -0.2) is 34.3 Å². The zero-order chi connectivity index (χ0) is 26.3. The average molecular weight is 507 g/mol. The van der Waals surface area contributed by atoms with E-state index in [4.69, 9.17) is 10.3 Å². The average Bonchev–Trinajstić information content (AvgIpc) is 3.29. The molecule has 8 nitrogen and oxygen atoms in total. The summed E-state index contributed by atoms with van der Waals surface area (Å²) in [7, 11) is 0. The van der Waals surface area contributed by atoms with Crippen LogP contribution in [0.15, 0.2) is 68.4 Å². The summed E-state index contributed by atoms with van der Waals surface area (Å²) in [5, 5.41) is 26.7. The molecule has 0 saturated carbocycles. The highest BCUT2D eigenvalue weighted by atomic mass is 19.4. The van der Waals surface area contributed by atoms with Gasteiger partial charge in [-0.2, -0.15) is 13.2 Å². The van der Waals surface area contributed by atoms with Crippen LogP contribution in [0.25, 0.3) is 0 Å². The molecule has 2 heterocycles. The topological polar surface area (TPSA) is 130 Å². The maximum atomic E-state index is 14.4. The predicted octanol–water partition coefficient (Wildman–Crippen LogP) is 3.73. The van der Waals surface area contributed by atoms with Crippen LogP contribution >= 0.6 is 0 Å². The third kappa shape index (κ3) is 6.71. The van der Waals surface area contributed by atoms with E-state index in [2.05, 4.69) is 32.2 Å². The monoisotopic (exact) mass is 507 g/mol. The van der Waals surface area contributed by atoms with E-state index in [1.54, 1.807) is 0 Å². The van der Waals surface area contributed by atoms with Crippen LogP contribution in [0.1, 0.15) is 34.4 Å². The molecule has 0 aliphatic carbocycles. The molecule has 2 unspecified atom stereocenters. The standard InChI is InChI=1S/C23H18F5N5O3/c24-15-3-7-18(19(25)9-15)22(35,12-30-13-32-33-29)10-16-4-1-14(11-31-16)2-5-17-6-8-20(36-17)21(34)23(26,27)28/h1,3-4,6-9,11,13,21,34-35H,10,12H2,(H2,29,30,32). The first-order valence-corrected chi connectivity index (χ1v) is 10.1. The van der Waals surface area contributed by atoms with E-state index in [-0.39, 0.29) is 24.3 Å². The lowest BCUT2D eigenvalue weighted by atomic mass is 9.88. The summed E-state index contributed by atoms with van der Waals surface area (Å²) in [6.45, 7) is -0.373. The molecule has 0 bridgehead atoms. The molecular weight excluding hydrogens is 489 g/mol. The summed E-state index contributed by atoms with van der Waals surface area (Å²) in [4.78, 5) is 8.02. The van der Waals surface area contributed by atoms with Crippen molar-refractivity contribution in [3.05, 3.63) is 88.6 Å². The van der Waals surface area contributed by atoms with Gasteiger partial charge >= 0.3 is 6.18 Å². The lowest BCUT2D eigenvalue weighted by molar-refractivity contribution is -0.211. The second kappa shape index (κ2) is 11.1. The van der Waals surface area contributed by atoms with Gasteiger partial charge in [-0.05, 0) is 36.3 Å².